The lowest BCUT2D eigenvalue weighted by atomic mass is 10.1. The predicted octanol–water partition coefficient (Wildman–Crippen LogP) is 4.43. The minimum atomic E-state index is 0.111. The van der Waals surface area contributed by atoms with Gasteiger partial charge in [0, 0.05) is 16.6 Å². The van der Waals surface area contributed by atoms with Gasteiger partial charge in [0.05, 0.1) is 11.3 Å². The van der Waals surface area contributed by atoms with Crippen molar-refractivity contribution in [3.8, 4) is 6.07 Å². The molecule has 21 heavy (non-hydrogen) atoms. The molecular weight excluding hydrogens is 278 g/mol. The zero-order valence-corrected chi connectivity index (χ0v) is 13.1. The van der Waals surface area contributed by atoms with Crippen molar-refractivity contribution in [3.05, 3.63) is 53.6 Å². The van der Waals surface area contributed by atoms with E-state index in [1.807, 2.05) is 42.5 Å². The van der Waals surface area contributed by atoms with E-state index in [0.29, 0.717) is 5.56 Å². The molecule has 0 bridgehead atoms. The fraction of sp³-hybridized carbons (Fsp3) is 0.235. The molecule has 0 aromatic heterocycles. The molecule has 0 spiro atoms. The first-order valence-electron chi connectivity index (χ1n) is 6.93. The van der Waals surface area contributed by atoms with Gasteiger partial charge in [-0.3, -0.25) is 0 Å². The Balaban J connectivity index is 2.25. The molecule has 0 aliphatic carbocycles. The topological polar surface area (TPSA) is 61.8 Å². The summed E-state index contributed by atoms with van der Waals surface area (Å²) >= 11 is 1.69. The number of nitrogen functional groups attached to an aromatic ring is 1. The summed E-state index contributed by atoms with van der Waals surface area (Å²) < 4.78 is 0. The van der Waals surface area contributed by atoms with Crippen LogP contribution in [0.1, 0.15) is 31.0 Å². The van der Waals surface area contributed by atoms with Gasteiger partial charge < -0.3 is 11.1 Å². The number of nitrogens with zero attached hydrogens (tertiary/aromatic N) is 1. The molecule has 2 aromatic carbocycles. The van der Waals surface area contributed by atoms with E-state index in [0.717, 1.165) is 27.6 Å². The van der Waals surface area contributed by atoms with Gasteiger partial charge in [0.2, 0.25) is 0 Å². The molecule has 3 N–H and O–H groups in total. The lowest BCUT2D eigenvalue weighted by Gasteiger charge is -2.18. The van der Waals surface area contributed by atoms with E-state index in [2.05, 4.69) is 25.2 Å². The first-order chi connectivity index (χ1) is 10.2. The minimum Gasteiger partial charge on any atom is -0.399 e. The summed E-state index contributed by atoms with van der Waals surface area (Å²) in [5.74, 6) is 0.950. The highest BCUT2D eigenvalue weighted by atomic mass is 32.2. The first kappa shape index (κ1) is 15.3. The molecule has 1 atom stereocenters. The largest absolute Gasteiger partial charge is 0.399 e. The predicted molar refractivity (Wildman–Crippen MR) is 90.4 cm³/mol. The van der Waals surface area contributed by atoms with Crippen molar-refractivity contribution in [1.82, 2.24) is 0 Å². The lowest BCUT2D eigenvalue weighted by molar-refractivity contribution is 0.883. The summed E-state index contributed by atoms with van der Waals surface area (Å²) in [4.78, 5) is 1.02. The number of rotatable bonds is 5. The third kappa shape index (κ3) is 3.71. The molecule has 4 heteroatoms. The summed E-state index contributed by atoms with van der Waals surface area (Å²) in [7, 11) is 0. The summed E-state index contributed by atoms with van der Waals surface area (Å²) in [5.41, 5.74) is 9.20. The van der Waals surface area contributed by atoms with Gasteiger partial charge in [0.25, 0.3) is 0 Å². The minimum absolute atomic E-state index is 0.111. The molecule has 2 aromatic rings. The number of thioether (sulfide) groups is 1. The second-order valence-corrected chi connectivity index (χ2v) is 6.06. The van der Waals surface area contributed by atoms with Crippen LogP contribution >= 0.6 is 11.8 Å². The fourth-order valence-electron chi connectivity index (χ4n) is 2.14. The van der Waals surface area contributed by atoms with Crippen molar-refractivity contribution >= 4 is 23.1 Å². The molecule has 0 fully saturated rings. The highest BCUT2D eigenvalue weighted by Crippen LogP contribution is 2.30. The molecular formula is C17H19N3S. The Labute approximate surface area is 130 Å². The number of anilines is 2. The van der Waals surface area contributed by atoms with E-state index in [-0.39, 0.29) is 6.04 Å². The Morgan fingerprint density at radius 1 is 1.24 bits per heavy atom. The fourth-order valence-corrected chi connectivity index (χ4v) is 2.93. The Kier molecular flexibility index (Phi) is 5.13. The maximum atomic E-state index is 9.43. The van der Waals surface area contributed by atoms with E-state index in [9.17, 15) is 5.26 Å². The Morgan fingerprint density at radius 2 is 1.95 bits per heavy atom. The van der Waals surface area contributed by atoms with E-state index in [1.54, 1.807) is 11.8 Å². The van der Waals surface area contributed by atoms with Crippen LogP contribution in [0.4, 0.5) is 11.4 Å². The summed E-state index contributed by atoms with van der Waals surface area (Å²) in [6.45, 7) is 4.16. The van der Waals surface area contributed by atoms with Crippen molar-refractivity contribution in [2.75, 3.05) is 16.8 Å². The number of nitrogens with one attached hydrogen (secondary N) is 1. The van der Waals surface area contributed by atoms with Crippen LogP contribution in [-0.2, 0) is 0 Å². The van der Waals surface area contributed by atoms with Crippen LogP contribution in [-0.4, -0.2) is 5.75 Å². The zero-order valence-electron chi connectivity index (χ0n) is 12.3. The summed E-state index contributed by atoms with van der Waals surface area (Å²) in [6, 6.07) is 16.1. The molecule has 0 amide bonds. The average molecular weight is 297 g/mol. The van der Waals surface area contributed by atoms with Gasteiger partial charge in [0.1, 0.15) is 6.07 Å². The van der Waals surface area contributed by atoms with Crippen LogP contribution in [0.5, 0.6) is 0 Å². The molecule has 0 aliphatic heterocycles. The molecule has 2 rings (SSSR count). The molecule has 0 radical (unpaired) electrons. The van der Waals surface area contributed by atoms with Crippen LogP contribution in [0, 0.1) is 11.3 Å². The number of nitriles is 1. The smallest absolute Gasteiger partial charge is 0.102 e. The first-order valence-corrected chi connectivity index (χ1v) is 7.92. The zero-order chi connectivity index (χ0) is 15.2. The number of nitrogens with two attached hydrogens (primary N) is 1. The monoisotopic (exact) mass is 297 g/mol. The van der Waals surface area contributed by atoms with Crippen LogP contribution < -0.4 is 11.1 Å². The van der Waals surface area contributed by atoms with Crippen LogP contribution in [0.25, 0.3) is 0 Å². The van der Waals surface area contributed by atoms with E-state index < -0.39 is 0 Å². The SMILES string of the molecule is CCSc1cccc(NC(C)c2ccc(N)cc2)c1C#N. The number of hydrogen-bond donors (Lipinski definition) is 2. The molecule has 108 valence electrons. The van der Waals surface area contributed by atoms with E-state index in [4.69, 9.17) is 5.73 Å². The average Bonchev–Trinajstić information content (AvgIpc) is 2.48. The third-order valence-corrected chi connectivity index (χ3v) is 4.19. The van der Waals surface area contributed by atoms with Gasteiger partial charge in [0.15, 0.2) is 0 Å². The van der Waals surface area contributed by atoms with Crippen molar-refractivity contribution in [3.63, 3.8) is 0 Å². The van der Waals surface area contributed by atoms with E-state index in [1.165, 1.54) is 0 Å². The standard InChI is InChI=1S/C17H19N3S/c1-3-21-17-6-4-5-16(15(17)11-18)20-12(2)13-7-9-14(19)10-8-13/h4-10,12,20H,3,19H2,1-2H3. The van der Waals surface area contributed by atoms with Gasteiger partial charge in [-0.15, -0.1) is 11.8 Å². The van der Waals surface area contributed by atoms with Crippen molar-refractivity contribution < 1.29 is 0 Å². The van der Waals surface area contributed by atoms with Crippen LogP contribution in [0.2, 0.25) is 0 Å². The van der Waals surface area contributed by atoms with Gasteiger partial charge in [-0.2, -0.15) is 5.26 Å². The maximum absolute atomic E-state index is 9.43. The molecule has 1 unspecified atom stereocenters. The van der Waals surface area contributed by atoms with Gasteiger partial charge >= 0.3 is 0 Å². The number of hydrogen-bond acceptors (Lipinski definition) is 4. The second kappa shape index (κ2) is 7.05. The second-order valence-electron chi connectivity index (χ2n) is 4.76. The Hall–Kier alpha value is -2.12. The highest BCUT2D eigenvalue weighted by molar-refractivity contribution is 7.99. The molecule has 3 nitrogen and oxygen atoms in total. The van der Waals surface area contributed by atoms with Crippen LogP contribution in [0.15, 0.2) is 47.4 Å². The molecule has 0 aliphatic rings. The molecule has 0 saturated carbocycles. The summed E-state index contributed by atoms with van der Waals surface area (Å²) in [5, 5.41) is 12.8. The molecule has 0 heterocycles. The van der Waals surface area contributed by atoms with Gasteiger partial charge in [-0.1, -0.05) is 25.1 Å². The summed E-state index contributed by atoms with van der Waals surface area (Å²) in [6.07, 6.45) is 0. The quantitative estimate of drug-likeness (QED) is 0.633. The van der Waals surface area contributed by atoms with Crippen molar-refractivity contribution in [1.29, 1.82) is 5.26 Å². The van der Waals surface area contributed by atoms with Gasteiger partial charge in [-0.05, 0) is 42.5 Å². The number of benzene rings is 2. The Bertz CT molecular complexity index is 644. The van der Waals surface area contributed by atoms with Crippen molar-refractivity contribution in [2.24, 2.45) is 0 Å². The lowest BCUT2D eigenvalue weighted by Crippen LogP contribution is -2.08. The van der Waals surface area contributed by atoms with Gasteiger partial charge in [-0.25, -0.2) is 0 Å². The Morgan fingerprint density at radius 3 is 2.57 bits per heavy atom. The highest BCUT2D eigenvalue weighted by Gasteiger charge is 2.11. The normalized spacial score (nSPS) is 11.7. The maximum Gasteiger partial charge on any atom is 0.102 e. The third-order valence-electron chi connectivity index (χ3n) is 3.25. The van der Waals surface area contributed by atoms with Crippen LogP contribution in [0.3, 0.4) is 0 Å². The molecule has 0 saturated heterocycles. The van der Waals surface area contributed by atoms with E-state index >= 15 is 0 Å². The van der Waals surface area contributed by atoms with Crippen molar-refractivity contribution in [2.45, 2.75) is 24.8 Å².